The molecule has 1 aliphatic rings. The number of aromatic nitrogens is 3. The summed E-state index contributed by atoms with van der Waals surface area (Å²) in [7, 11) is 0. The fourth-order valence-electron chi connectivity index (χ4n) is 3.79. The zero-order chi connectivity index (χ0) is 21.8. The Morgan fingerprint density at radius 1 is 1.03 bits per heavy atom. The van der Waals surface area contributed by atoms with Crippen LogP contribution < -0.4 is 5.32 Å². The highest BCUT2D eigenvalue weighted by Crippen LogP contribution is 2.27. The van der Waals surface area contributed by atoms with Crippen LogP contribution in [0.3, 0.4) is 0 Å². The molecule has 0 fully saturated rings. The van der Waals surface area contributed by atoms with E-state index in [1.54, 1.807) is 18.2 Å². The minimum absolute atomic E-state index is 0.0553. The lowest BCUT2D eigenvalue weighted by atomic mass is 10.0. The zero-order valence-electron chi connectivity index (χ0n) is 17.5. The molecule has 6 nitrogen and oxygen atoms in total. The third kappa shape index (κ3) is 4.87. The van der Waals surface area contributed by atoms with Gasteiger partial charge >= 0.3 is 0 Å². The van der Waals surface area contributed by atoms with Crippen LogP contribution in [0.15, 0.2) is 42.5 Å². The molecule has 160 valence electrons. The number of nitrogens with zero attached hydrogens (tertiary/aromatic N) is 3. The number of carbonyl (C=O) groups is 2. The topological polar surface area (TPSA) is 76.9 Å². The number of aryl methyl sites for hydroxylation is 2. The number of anilines is 1. The van der Waals surface area contributed by atoms with E-state index in [-0.39, 0.29) is 24.5 Å². The summed E-state index contributed by atoms with van der Waals surface area (Å²) in [5.41, 5.74) is 2.45. The molecule has 1 amide bonds. The van der Waals surface area contributed by atoms with Crippen molar-refractivity contribution in [1.82, 2.24) is 14.8 Å². The number of rotatable bonds is 6. The molecule has 0 bridgehead atoms. The second-order valence-corrected chi connectivity index (χ2v) is 7.93. The second-order valence-electron chi connectivity index (χ2n) is 7.93. The molecule has 0 aliphatic carbocycles. The van der Waals surface area contributed by atoms with Crippen LogP contribution in [0.2, 0.25) is 0 Å². The zero-order valence-corrected chi connectivity index (χ0v) is 17.5. The van der Waals surface area contributed by atoms with E-state index >= 15 is 0 Å². The van der Waals surface area contributed by atoms with Crippen molar-refractivity contribution in [3.63, 3.8) is 0 Å². The van der Waals surface area contributed by atoms with Gasteiger partial charge in [-0.05, 0) is 38.0 Å². The molecule has 0 radical (unpaired) electrons. The van der Waals surface area contributed by atoms with Crippen molar-refractivity contribution in [3.05, 3.63) is 65.2 Å². The van der Waals surface area contributed by atoms with Gasteiger partial charge in [0.1, 0.15) is 11.6 Å². The van der Waals surface area contributed by atoms with Crippen LogP contribution >= 0.6 is 0 Å². The van der Waals surface area contributed by atoms with Gasteiger partial charge in [0.2, 0.25) is 5.91 Å². The van der Waals surface area contributed by atoms with Crippen LogP contribution in [0.5, 0.6) is 0 Å². The number of nitrogens with one attached hydrogen (secondary N) is 1. The van der Waals surface area contributed by atoms with Crippen LogP contribution in [0.1, 0.15) is 53.8 Å². The lowest BCUT2D eigenvalue weighted by Gasteiger charge is -2.10. The molecule has 3 aromatic rings. The largest absolute Gasteiger partial charge is 0.326 e. The van der Waals surface area contributed by atoms with E-state index in [4.69, 9.17) is 0 Å². The number of hydrogen-bond donors (Lipinski definition) is 1. The summed E-state index contributed by atoms with van der Waals surface area (Å²) in [6.45, 7) is 2.71. The molecule has 7 heteroatoms. The maximum absolute atomic E-state index is 14.6. The number of amides is 1. The Hall–Kier alpha value is -3.35. The number of Topliss-reactive ketones (excluding diaryl/α,β-unsaturated/α-hetero) is 1. The number of hydrogen-bond acceptors (Lipinski definition) is 4. The summed E-state index contributed by atoms with van der Waals surface area (Å²) in [5, 5.41) is 11.2. The smallest absolute Gasteiger partial charge is 0.224 e. The molecule has 0 unspecified atom stereocenters. The highest BCUT2D eigenvalue weighted by Gasteiger charge is 2.19. The van der Waals surface area contributed by atoms with Crippen LogP contribution in [0.4, 0.5) is 10.1 Å². The normalized spacial score (nSPS) is 13.4. The number of halogens is 1. The van der Waals surface area contributed by atoms with E-state index in [2.05, 4.69) is 15.5 Å². The summed E-state index contributed by atoms with van der Waals surface area (Å²) in [6, 6.07) is 11.7. The Kier molecular flexibility index (Phi) is 6.21. The Bertz CT molecular complexity index is 1110. The van der Waals surface area contributed by atoms with E-state index in [1.807, 2.05) is 23.6 Å². The van der Waals surface area contributed by atoms with E-state index in [0.717, 1.165) is 43.6 Å². The van der Waals surface area contributed by atoms with Crippen LogP contribution in [0, 0.1) is 12.7 Å². The third-order valence-corrected chi connectivity index (χ3v) is 5.55. The van der Waals surface area contributed by atoms with Gasteiger partial charge < -0.3 is 9.88 Å². The average molecular weight is 420 g/mol. The molecule has 1 N–H and O–H groups in total. The van der Waals surface area contributed by atoms with Gasteiger partial charge in [0, 0.05) is 37.1 Å². The molecular weight excluding hydrogens is 395 g/mol. The molecule has 0 saturated carbocycles. The fourth-order valence-corrected chi connectivity index (χ4v) is 3.79. The molecule has 1 aliphatic heterocycles. The van der Waals surface area contributed by atoms with Crippen molar-refractivity contribution in [2.75, 3.05) is 5.32 Å². The molecular formula is C24H25FN4O2. The summed E-state index contributed by atoms with van der Waals surface area (Å²) >= 11 is 0. The summed E-state index contributed by atoms with van der Waals surface area (Å²) in [5.74, 6) is 0.571. The highest BCUT2D eigenvalue weighted by molar-refractivity contribution is 6.00. The van der Waals surface area contributed by atoms with Gasteiger partial charge in [-0.3, -0.25) is 9.59 Å². The molecule has 2 aromatic carbocycles. The highest BCUT2D eigenvalue weighted by atomic mass is 19.1. The maximum atomic E-state index is 14.6. The van der Waals surface area contributed by atoms with Crippen LogP contribution in [-0.2, 0) is 17.8 Å². The van der Waals surface area contributed by atoms with E-state index in [9.17, 15) is 14.0 Å². The summed E-state index contributed by atoms with van der Waals surface area (Å²) < 4.78 is 16.5. The number of carbonyl (C=O) groups excluding carboxylic acids is 2. The molecule has 0 saturated heterocycles. The fraction of sp³-hybridized carbons (Fsp3) is 0.333. The Balaban J connectivity index is 1.44. The summed E-state index contributed by atoms with van der Waals surface area (Å²) in [6.07, 6.45) is 4.17. The van der Waals surface area contributed by atoms with Crippen LogP contribution in [-0.4, -0.2) is 26.5 Å². The Morgan fingerprint density at radius 3 is 2.65 bits per heavy atom. The summed E-state index contributed by atoms with van der Waals surface area (Å²) in [4.78, 5) is 24.7. The lowest BCUT2D eigenvalue weighted by Crippen LogP contribution is -2.14. The van der Waals surface area contributed by atoms with Crippen molar-refractivity contribution >= 4 is 17.4 Å². The van der Waals surface area contributed by atoms with Gasteiger partial charge in [-0.15, -0.1) is 10.2 Å². The third-order valence-electron chi connectivity index (χ3n) is 5.55. The minimum atomic E-state index is -0.410. The van der Waals surface area contributed by atoms with Gasteiger partial charge in [0.25, 0.3) is 0 Å². The quantitative estimate of drug-likeness (QED) is 0.586. The first-order chi connectivity index (χ1) is 15.0. The molecule has 1 aromatic heterocycles. The number of fused-ring (bicyclic) bond motifs is 1. The predicted octanol–water partition coefficient (Wildman–Crippen LogP) is 4.72. The first kappa shape index (κ1) is 20.9. The molecule has 0 spiro atoms. The van der Waals surface area contributed by atoms with Crippen LogP contribution in [0.25, 0.3) is 11.4 Å². The van der Waals surface area contributed by atoms with Crippen molar-refractivity contribution in [1.29, 1.82) is 0 Å². The van der Waals surface area contributed by atoms with E-state index in [1.165, 1.54) is 12.1 Å². The van der Waals surface area contributed by atoms with Crippen molar-refractivity contribution in [2.45, 2.75) is 52.0 Å². The van der Waals surface area contributed by atoms with Gasteiger partial charge in [-0.1, -0.05) is 36.2 Å². The van der Waals surface area contributed by atoms with Crippen molar-refractivity contribution in [2.24, 2.45) is 0 Å². The van der Waals surface area contributed by atoms with Crippen molar-refractivity contribution in [3.8, 4) is 11.4 Å². The maximum Gasteiger partial charge on any atom is 0.224 e. The van der Waals surface area contributed by atoms with Gasteiger partial charge in [0.15, 0.2) is 11.6 Å². The van der Waals surface area contributed by atoms with Crippen molar-refractivity contribution < 1.29 is 14.0 Å². The molecule has 31 heavy (non-hydrogen) atoms. The predicted molar refractivity (Wildman–Crippen MR) is 116 cm³/mol. The minimum Gasteiger partial charge on any atom is -0.326 e. The number of benzene rings is 2. The van der Waals surface area contributed by atoms with Gasteiger partial charge in [0.05, 0.1) is 5.56 Å². The first-order valence-electron chi connectivity index (χ1n) is 10.6. The van der Waals surface area contributed by atoms with E-state index < -0.39 is 5.82 Å². The molecule has 4 rings (SSSR count). The second kappa shape index (κ2) is 9.20. The lowest BCUT2D eigenvalue weighted by molar-refractivity contribution is -0.116. The average Bonchev–Trinajstić information content (AvgIpc) is 3.01. The monoisotopic (exact) mass is 420 g/mol. The van der Waals surface area contributed by atoms with E-state index in [0.29, 0.717) is 22.6 Å². The Morgan fingerprint density at radius 2 is 1.84 bits per heavy atom. The standard InChI is InChI=1S/C24H25FN4O2/c1-16-6-8-17(9-7-16)21(30)12-13-23(31)26-18-10-11-20(25)19(15-18)24-28-27-22-5-3-2-4-14-29(22)24/h6-11,15H,2-5,12-14H2,1H3,(H,26,31). The Labute approximate surface area is 180 Å². The van der Waals surface area contributed by atoms with Gasteiger partial charge in [-0.2, -0.15) is 0 Å². The first-order valence-corrected chi connectivity index (χ1v) is 10.6. The molecule has 0 atom stereocenters. The SMILES string of the molecule is Cc1ccc(C(=O)CCC(=O)Nc2ccc(F)c(-c3nnc4n3CCCCC4)c2)cc1. The molecule has 2 heterocycles. The number of ketones is 1. The van der Waals surface area contributed by atoms with Gasteiger partial charge in [-0.25, -0.2) is 4.39 Å².